The first-order valence-electron chi connectivity index (χ1n) is 7.20. The Balaban J connectivity index is 1.93. The molecule has 0 unspecified atom stereocenters. The number of hydrogen-bond acceptors (Lipinski definition) is 2. The molecular formula is C18H15ClN2O2. The van der Waals surface area contributed by atoms with Gasteiger partial charge in [-0.05, 0) is 17.7 Å². The van der Waals surface area contributed by atoms with E-state index in [0.29, 0.717) is 28.0 Å². The van der Waals surface area contributed by atoms with Crippen molar-refractivity contribution in [1.82, 2.24) is 9.88 Å². The molecule has 0 saturated heterocycles. The number of fused-ring (bicyclic) bond motifs is 1. The molecule has 0 aliphatic carbocycles. The van der Waals surface area contributed by atoms with Gasteiger partial charge in [-0.2, -0.15) is 0 Å². The molecular weight excluding hydrogens is 312 g/mol. The zero-order valence-corrected chi connectivity index (χ0v) is 13.3. The topological polar surface area (TPSA) is 51.1 Å². The van der Waals surface area contributed by atoms with Crippen LogP contribution in [0.1, 0.15) is 27.6 Å². The van der Waals surface area contributed by atoms with Crippen molar-refractivity contribution in [1.29, 1.82) is 0 Å². The smallest absolute Gasteiger partial charge is 0.253 e. The van der Waals surface area contributed by atoms with Gasteiger partial charge in [-0.1, -0.05) is 48.0 Å². The molecule has 0 atom stereocenters. The monoisotopic (exact) mass is 326 g/mol. The number of carbonyl (C=O) groups is 2. The molecule has 0 radical (unpaired) electrons. The average molecular weight is 327 g/mol. The van der Waals surface area contributed by atoms with Crippen LogP contribution in [0.3, 0.4) is 0 Å². The summed E-state index contributed by atoms with van der Waals surface area (Å²) < 4.78 is 1.44. The van der Waals surface area contributed by atoms with Crippen molar-refractivity contribution in [2.24, 2.45) is 0 Å². The normalized spacial score (nSPS) is 10.7. The lowest BCUT2D eigenvalue weighted by Crippen LogP contribution is -2.22. The maximum absolute atomic E-state index is 12.5. The third-order valence-corrected chi connectivity index (χ3v) is 3.88. The molecule has 1 heterocycles. The predicted octanol–water partition coefficient (Wildman–Crippen LogP) is 3.88. The molecule has 0 fully saturated rings. The van der Waals surface area contributed by atoms with Crippen molar-refractivity contribution in [3.63, 3.8) is 0 Å². The van der Waals surface area contributed by atoms with E-state index < -0.39 is 0 Å². The highest BCUT2D eigenvalue weighted by Gasteiger charge is 2.16. The summed E-state index contributed by atoms with van der Waals surface area (Å²) >= 11 is 6.00. The minimum atomic E-state index is -0.221. The Labute approximate surface area is 138 Å². The fraction of sp³-hybridized carbons (Fsp3) is 0.111. The van der Waals surface area contributed by atoms with Crippen molar-refractivity contribution in [3.8, 4) is 0 Å². The Hall–Kier alpha value is -2.59. The van der Waals surface area contributed by atoms with E-state index in [1.165, 1.54) is 11.5 Å². The Morgan fingerprint density at radius 2 is 1.87 bits per heavy atom. The molecule has 23 heavy (non-hydrogen) atoms. The molecule has 4 nitrogen and oxygen atoms in total. The average Bonchev–Trinajstić information content (AvgIpc) is 2.92. The van der Waals surface area contributed by atoms with Crippen LogP contribution in [0.25, 0.3) is 10.9 Å². The first-order valence-corrected chi connectivity index (χ1v) is 7.58. The first kappa shape index (κ1) is 15.3. The quantitative estimate of drug-likeness (QED) is 0.794. The van der Waals surface area contributed by atoms with Gasteiger partial charge >= 0.3 is 0 Å². The van der Waals surface area contributed by atoms with E-state index in [4.69, 9.17) is 11.6 Å². The molecule has 1 N–H and O–H groups in total. The van der Waals surface area contributed by atoms with Crippen LogP contribution in [0, 0.1) is 0 Å². The van der Waals surface area contributed by atoms with Gasteiger partial charge in [0.2, 0.25) is 5.91 Å². The fourth-order valence-corrected chi connectivity index (χ4v) is 2.68. The van der Waals surface area contributed by atoms with Gasteiger partial charge in [-0.25, -0.2) is 0 Å². The van der Waals surface area contributed by atoms with E-state index in [1.807, 2.05) is 30.3 Å². The third kappa shape index (κ3) is 3.12. The highest BCUT2D eigenvalue weighted by Crippen LogP contribution is 2.25. The highest BCUT2D eigenvalue weighted by atomic mass is 35.5. The van der Waals surface area contributed by atoms with E-state index in [-0.39, 0.29) is 11.8 Å². The van der Waals surface area contributed by atoms with Gasteiger partial charge < -0.3 is 5.32 Å². The van der Waals surface area contributed by atoms with Crippen molar-refractivity contribution in [2.75, 3.05) is 0 Å². The highest BCUT2D eigenvalue weighted by molar-refractivity contribution is 6.31. The number of hydrogen-bond donors (Lipinski definition) is 1. The number of nitrogens with zero attached hydrogens (tertiary/aromatic N) is 1. The number of carbonyl (C=O) groups excluding carboxylic acids is 2. The molecule has 0 saturated carbocycles. The fourth-order valence-electron chi connectivity index (χ4n) is 2.51. The van der Waals surface area contributed by atoms with Crippen LogP contribution in [0.2, 0.25) is 5.02 Å². The molecule has 2 aromatic carbocycles. The summed E-state index contributed by atoms with van der Waals surface area (Å²) in [4.78, 5) is 24.3. The molecule has 1 amide bonds. The molecule has 116 valence electrons. The molecule has 5 heteroatoms. The number of benzene rings is 2. The van der Waals surface area contributed by atoms with Crippen LogP contribution in [0.4, 0.5) is 0 Å². The van der Waals surface area contributed by atoms with E-state index in [9.17, 15) is 9.59 Å². The van der Waals surface area contributed by atoms with Crippen molar-refractivity contribution in [3.05, 3.63) is 70.9 Å². The Kier molecular flexibility index (Phi) is 4.17. The SMILES string of the molecule is CC(=O)n1cc(C(=O)NCc2ccccc2)c2ccc(Cl)cc21. The lowest BCUT2D eigenvalue weighted by molar-refractivity contribution is 0.0941. The van der Waals surface area contributed by atoms with Gasteiger partial charge in [-0.15, -0.1) is 0 Å². The molecule has 3 rings (SSSR count). The van der Waals surface area contributed by atoms with E-state index in [1.54, 1.807) is 24.4 Å². The second-order valence-electron chi connectivity index (χ2n) is 5.26. The Bertz CT molecular complexity index is 885. The summed E-state index contributed by atoms with van der Waals surface area (Å²) in [6.45, 7) is 1.88. The second kappa shape index (κ2) is 6.26. The maximum Gasteiger partial charge on any atom is 0.253 e. The van der Waals surface area contributed by atoms with Crippen LogP contribution in [-0.2, 0) is 6.54 Å². The van der Waals surface area contributed by atoms with Crippen LogP contribution < -0.4 is 5.32 Å². The lowest BCUT2D eigenvalue weighted by Gasteiger charge is -2.04. The summed E-state index contributed by atoms with van der Waals surface area (Å²) in [6.07, 6.45) is 1.56. The molecule has 0 bridgehead atoms. The van der Waals surface area contributed by atoms with Crippen LogP contribution in [0.15, 0.2) is 54.7 Å². The summed E-state index contributed by atoms with van der Waals surface area (Å²) in [6, 6.07) is 14.8. The van der Waals surface area contributed by atoms with Gasteiger partial charge in [0.05, 0.1) is 11.1 Å². The van der Waals surface area contributed by atoms with Crippen LogP contribution >= 0.6 is 11.6 Å². The lowest BCUT2D eigenvalue weighted by atomic mass is 10.1. The number of halogens is 1. The minimum absolute atomic E-state index is 0.167. The summed E-state index contributed by atoms with van der Waals surface area (Å²) in [7, 11) is 0. The first-order chi connectivity index (χ1) is 11.1. The van der Waals surface area contributed by atoms with E-state index in [0.717, 1.165) is 5.56 Å². The number of aromatic nitrogens is 1. The molecule has 3 aromatic rings. The summed E-state index contributed by atoms with van der Waals surface area (Å²) in [5, 5.41) is 4.10. The Morgan fingerprint density at radius 1 is 1.13 bits per heavy atom. The van der Waals surface area contributed by atoms with Crippen molar-refractivity contribution < 1.29 is 9.59 Å². The zero-order chi connectivity index (χ0) is 16.4. The van der Waals surface area contributed by atoms with E-state index >= 15 is 0 Å². The van der Waals surface area contributed by atoms with E-state index in [2.05, 4.69) is 5.32 Å². The van der Waals surface area contributed by atoms with Crippen molar-refractivity contribution in [2.45, 2.75) is 13.5 Å². The largest absolute Gasteiger partial charge is 0.348 e. The maximum atomic E-state index is 12.5. The molecule has 1 aromatic heterocycles. The van der Waals surface area contributed by atoms with Crippen LogP contribution in [-0.4, -0.2) is 16.4 Å². The molecule has 0 aliphatic heterocycles. The number of rotatable bonds is 3. The van der Waals surface area contributed by atoms with Crippen molar-refractivity contribution >= 4 is 34.3 Å². The zero-order valence-electron chi connectivity index (χ0n) is 12.5. The van der Waals surface area contributed by atoms with Gasteiger partial charge in [-0.3, -0.25) is 14.2 Å². The van der Waals surface area contributed by atoms with Gasteiger partial charge in [0.1, 0.15) is 0 Å². The summed E-state index contributed by atoms with van der Waals surface area (Å²) in [5.74, 6) is -0.388. The van der Waals surface area contributed by atoms with Gasteiger partial charge in [0, 0.05) is 30.1 Å². The third-order valence-electron chi connectivity index (χ3n) is 3.65. The predicted molar refractivity (Wildman–Crippen MR) is 90.9 cm³/mol. The van der Waals surface area contributed by atoms with Gasteiger partial charge in [0.15, 0.2) is 0 Å². The van der Waals surface area contributed by atoms with Crippen LogP contribution in [0.5, 0.6) is 0 Å². The number of nitrogens with one attached hydrogen (secondary N) is 1. The summed E-state index contributed by atoms with van der Waals surface area (Å²) in [5.41, 5.74) is 2.11. The standard InChI is InChI=1S/C18H15ClN2O2/c1-12(22)21-11-16(15-8-7-14(19)9-17(15)21)18(23)20-10-13-5-3-2-4-6-13/h2-9,11H,10H2,1H3,(H,20,23). The Morgan fingerprint density at radius 3 is 2.57 bits per heavy atom. The minimum Gasteiger partial charge on any atom is -0.348 e. The molecule has 0 spiro atoms. The van der Waals surface area contributed by atoms with Gasteiger partial charge in [0.25, 0.3) is 5.91 Å². The molecule has 0 aliphatic rings. The number of amides is 1. The second-order valence-corrected chi connectivity index (χ2v) is 5.70.